The lowest BCUT2D eigenvalue weighted by Gasteiger charge is -2.10. The van der Waals surface area contributed by atoms with E-state index in [1.54, 1.807) is 24.3 Å². The number of urea groups is 1. The first kappa shape index (κ1) is 17.0. The molecule has 0 saturated heterocycles. The van der Waals surface area contributed by atoms with Gasteiger partial charge in [0.1, 0.15) is 0 Å². The van der Waals surface area contributed by atoms with Crippen molar-refractivity contribution < 1.29 is 9.59 Å². The molecule has 2 rings (SSSR count). The van der Waals surface area contributed by atoms with E-state index in [0.717, 1.165) is 11.1 Å². The molecule has 0 spiro atoms. The molecule has 0 aliphatic carbocycles. The highest BCUT2D eigenvalue weighted by Gasteiger charge is 2.08. The molecule has 0 fully saturated rings. The number of aryl methyl sites for hydroxylation is 2. The van der Waals surface area contributed by atoms with E-state index in [9.17, 15) is 9.59 Å². The Morgan fingerprint density at radius 2 is 1.74 bits per heavy atom. The molecule has 0 aliphatic rings. The van der Waals surface area contributed by atoms with Crippen molar-refractivity contribution in [3.05, 3.63) is 64.2 Å². The van der Waals surface area contributed by atoms with E-state index in [0.29, 0.717) is 16.3 Å². The van der Waals surface area contributed by atoms with E-state index in [1.807, 2.05) is 32.0 Å². The fourth-order valence-electron chi connectivity index (χ4n) is 2.07. The van der Waals surface area contributed by atoms with Crippen LogP contribution in [0.25, 0.3) is 0 Å². The average Bonchev–Trinajstić information content (AvgIpc) is 2.51. The van der Waals surface area contributed by atoms with Crippen LogP contribution in [0.15, 0.2) is 42.5 Å². The highest BCUT2D eigenvalue weighted by molar-refractivity contribution is 6.31. The summed E-state index contributed by atoms with van der Waals surface area (Å²) in [5.74, 6) is 0.00392. The Labute approximate surface area is 140 Å². The van der Waals surface area contributed by atoms with Gasteiger partial charge in [-0.25, -0.2) is 4.79 Å². The van der Waals surface area contributed by atoms with Gasteiger partial charge in [0.2, 0.25) is 0 Å². The summed E-state index contributed by atoms with van der Waals surface area (Å²) in [6.07, 6.45) is 0.255. The van der Waals surface area contributed by atoms with Gasteiger partial charge in [-0.05, 0) is 31.5 Å². The second kappa shape index (κ2) is 7.79. The number of carbonyl (C=O) groups excluding carboxylic acids is 2. The van der Waals surface area contributed by atoms with Crippen LogP contribution in [-0.2, 0) is 0 Å². The van der Waals surface area contributed by atoms with Crippen LogP contribution >= 0.6 is 11.6 Å². The van der Waals surface area contributed by atoms with Crippen molar-refractivity contribution in [2.24, 2.45) is 0 Å². The number of carbonyl (C=O) groups is 2. The van der Waals surface area contributed by atoms with Crippen molar-refractivity contribution in [3.8, 4) is 0 Å². The van der Waals surface area contributed by atoms with E-state index in [2.05, 4.69) is 10.6 Å². The maximum Gasteiger partial charge on any atom is 0.319 e. The van der Waals surface area contributed by atoms with Gasteiger partial charge in [-0.15, -0.1) is 0 Å². The molecule has 0 unspecified atom stereocenters. The first-order valence-corrected chi connectivity index (χ1v) is 7.74. The molecule has 0 aromatic heterocycles. The first-order valence-electron chi connectivity index (χ1n) is 7.36. The Morgan fingerprint density at radius 1 is 1.04 bits per heavy atom. The van der Waals surface area contributed by atoms with Gasteiger partial charge in [0.25, 0.3) is 0 Å². The summed E-state index contributed by atoms with van der Waals surface area (Å²) >= 11 is 5.91. The maximum absolute atomic E-state index is 12.0. The molecule has 2 aromatic carbocycles. The third-order valence-electron chi connectivity index (χ3n) is 3.46. The van der Waals surface area contributed by atoms with Crippen molar-refractivity contribution in [3.63, 3.8) is 0 Å². The van der Waals surface area contributed by atoms with Gasteiger partial charge >= 0.3 is 6.03 Å². The molecule has 23 heavy (non-hydrogen) atoms. The Kier molecular flexibility index (Phi) is 5.77. The molecular formula is C18H19ClN2O2. The fourth-order valence-corrected chi connectivity index (χ4v) is 2.24. The van der Waals surface area contributed by atoms with Crippen LogP contribution in [0.4, 0.5) is 10.5 Å². The first-order chi connectivity index (χ1) is 11.0. The van der Waals surface area contributed by atoms with Gasteiger partial charge in [0.15, 0.2) is 5.78 Å². The van der Waals surface area contributed by atoms with Crippen LogP contribution in [0, 0.1) is 13.8 Å². The van der Waals surface area contributed by atoms with Gasteiger partial charge in [-0.1, -0.05) is 47.5 Å². The Balaban J connectivity index is 1.81. The monoisotopic (exact) mass is 330 g/mol. The summed E-state index contributed by atoms with van der Waals surface area (Å²) < 4.78 is 0. The third kappa shape index (κ3) is 5.11. The number of hydrogen-bond acceptors (Lipinski definition) is 2. The second-order valence-electron chi connectivity index (χ2n) is 5.38. The molecule has 2 aromatic rings. The lowest BCUT2D eigenvalue weighted by molar-refractivity contribution is 0.0984. The number of amides is 2. The topological polar surface area (TPSA) is 58.2 Å². The van der Waals surface area contributed by atoms with Crippen LogP contribution < -0.4 is 10.6 Å². The summed E-state index contributed by atoms with van der Waals surface area (Å²) in [6.45, 7) is 4.13. The third-order valence-corrected chi connectivity index (χ3v) is 3.69. The molecule has 0 aliphatic heterocycles. The maximum atomic E-state index is 12.0. The van der Waals surface area contributed by atoms with E-state index in [1.165, 1.54) is 0 Å². The van der Waals surface area contributed by atoms with Gasteiger partial charge < -0.3 is 10.6 Å². The second-order valence-corrected chi connectivity index (χ2v) is 5.82. The van der Waals surface area contributed by atoms with Gasteiger partial charge in [-0.3, -0.25) is 4.79 Å². The minimum atomic E-state index is -0.355. The average molecular weight is 331 g/mol. The van der Waals surface area contributed by atoms with Crippen molar-refractivity contribution in [1.29, 1.82) is 0 Å². The number of Topliss-reactive ketones (excluding diaryl/α,β-unsaturated/α-hetero) is 1. The molecule has 120 valence electrons. The molecule has 5 heteroatoms. The standard InChI is InChI=1S/C18H19ClN2O2/c1-12-3-6-14(7-4-12)17(22)9-10-20-18(23)21-16-11-15(19)8-5-13(16)2/h3-8,11H,9-10H2,1-2H3,(H2,20,21,23). The summed E-state index contributed by atoms with van der Waals surface area (Å²) in [4.78, 5) is 23.9. The molecule has 0 radical (unpaired) electrons. The Bertz CT molecular complexity index is 711. The molecular weight excluding hydrogens is 312 g/mol. The summed E-state index contributed by atoms with van der Waals surface area (Å²) in [5, 5.41) is 5.96. The van der Waals surface area contributed by atoms with Crippen LogP contribution in [0.2, 0.25) is 5.02 Å². The number of rotatable bonds is 5. The predicted molar refractivity (Wildman–Crippen MR) is 93.3 cm³/mol. The van der Waals surface area contributed by atoms with E-state index in [4.69, 9.17) is 11.6 Å². The zero-order chi connectivity index (χ0) is 16.8. The number of halogens is 1. The van der Waals surface area contributed by atoms with Gasteiger partial charge in [-0.2, -0.15) is 0 Å². The molecule has 2 N–H and O–H groups in total. The lowest BCUT2D eigenvalue weighted by Crippen LogP contribution is -2.30. The highest BCUT2D eigenvalue weighted by atomic mass is 35.5. The zero-order valence-corrected chi connectivity index (χ0v) is 13.9. The van der Waals surface area contributed by atoms with E-state index in [-0.39, 0.29) is 24.8 Å². The Hall–Kier alpha value is -2.33. The number of benzene rings is 2. The summed E-state index contributed by atoms with van der Waals surface area (Å²) in [7, 11) is 0. The molecule has 0 heterocycles. The summed E-state index contributed by atoms with van der Waals surface area (Å²) in [5.41, 5.74) is 3.33. The number of hydrogen-bond donors (Lipinski definition) is 2. The highest BCUT2D eigenvalue weighted by Crippen LogP contribution is 2.19. The molecule has 0 saturated carbocycles. The van der Waals surface area contributed by atoms with Crippen LogP contribution in [0.1, 0.15) is 27.9 Å². The minimum absolute atomic E-state index is 0.00392. The van der Waals surface area contributed by atoms with Crippen LogP contribution in [-0.4, -0.2) is 18.4 Å². The number of ketones is 1. The van der Waals surface area contributed by atoms with Crippen molar-refractivity contribution >= 4 is 29.1 Å². The van der Waals surface area contributed by atoms with Crippen molar-refractivity contribution in [2.75, 3.05) is 11.9 Å². The Morgan fingerprint density at radius 3 is 2.43 bits per heavy atom. The number of nitrogens with one attached hydrogen (secondary N) is 2. The normalized spacial score (nSPS) is 10.2. The number of anilines is 1. The molecule has 2 amide bonds. The molecule has 0 bridgehead atoms. The lowest BCUT2D eigenvalue weighted by atomic mass is 10.1. The largest absolute Gasteiger partial charge is 0.337 e. The van der Waals surface area contributed by atoms with Gasteiger partial charge in [0, 0.05) is 29.2 Å². The summed E-state index contributed by atoms with van der Waals surface area (Å²) in [6, 6.07) is 12.3. The molecule has 0 atom stereocenters. The predicted octanol–water partition coefficient (Wildman–Crippen LogP) is 4.35. The van der Waals surface area contributed by atoms with Crippen molar-refractivity contribution in [1.82, 2.24) is 5.32 Å². The van der Waals surface area contributed by atoms with E-state index >= 15 is 0 Å². The SMILES string of the molecule is Cc1ccc(C(=O)CCNC(=O)Nc2cc(Cl)ccc2C)cc1. The van der Waals surface area contributed by atoms with Gasteiger partial charge in [0.05, 0.1) is 0 Å². The zero-order valence-electron chi connectivity index (χ0n) is 13.2. The van der Waals surface area contributed by atoms with Crippen LogP contribution in [0.3, 0.4) is 0 Å². The minimum Gasteiger partial charge on any atom is -0.337 e. The van der Waals surface area contributed by atoms with E-state index < -0.39 is 0 Å². The molecule has 4 nitrogen and oxygen atoms in total. The quantitative estimate of drug-likeness (QED) is 0.801. The van der Waals surface area contributed by atoms with Crippen molar-refractivity contribution in [2.45, 2.75) is 20.3 Å². The smallest absolute Gasteiger partial charge is 0.319 e. The fraction of sp³-hybridized carbons (Fsp3) is 0.222. The van der Waals surface area contributed by atoms with Crippen LogP contribution in [0.5, 0.6) is 0 Å².